The number of esters is 1. The molecule has 4 fully saturated rings. The van der Waals surface area contributed by atoms with E-state index in [2.05, 4.69) is 34.6 Å². The summed E-state index contributed by atoms with van der Waals surface area (Å²) in [6.45, 7) is 13.3. The fraction of sp³-hybridized carbons (Fsp3) is 0.839. The largest absolute Gasteiger partial charge is 0.469 e. The molecule has 5 aliphatic carbocycles. The summed E-state index contributed by atoms with van der Waals surface area (Å²) in [5.41, 5.74) is -0.108. The molecule has 0 bridgehead atoms. The van der Waals surface area contributed by atoms with Crippen molar-refractivity contribution >= 4 is 17.5 Å². The van der Waals surface area contributed by atoms with Gasteiger partial charge in [0.15, 0.2) is 5.78 Å². The first-order valence-corrected chi connectivity index (χ1v) is 14.2. The number of fused-ring (bicyclic) bond motifs is 7. The molecular weight excluding hydrogens is 452 g/mol. The van der Waals surface area contributed by atoms with E-state index in [1.165, 1.54) is 12.7 Å². The highest BCUT2D eigenvalue weighted by Crippen LogP contribution is 2.73. The molecule has 5 heteroatoms. The Labute approximate surface area is 216 Å². The lowest BCUT2D eigenvalue weighted by Crippen LogP contribution is -2.64. The molecule has 1 unspecified atom stereocenters. The van der Waals surface area contributed by atoms with E-state index in [-0.39, 0.29) is 75.4 Å². The van der Waals surface area contributed by atoms with Crippen LogP contribution in [0, 0.1) is 56.7 Å². The fourth-order valence-corrected chi connectivity index (χ4v) is 10.6. The van der Waals surface area contributed by atoms with Crippen LogP contribution in [0.1, 0.15) is 92.9 Å². The van der Waals surface area contributed by atoms with Gasteiger partial charge in [0.2, 0.25) is 0 Å². The lowest BCUT2D eigenvalue weighted by Gasteiger charge is -2.68. The second-order valence-corrected chi connectivity index (χ2v) is 14.8. The van der Waals surface area contributed by atoms with Crippen LogP contribution < -0.4 is 0 Å². The minimum absolute atomic E-state index is 0.0141. The topological polar surface area (TPSA) is 80.7 Å². The average Bonchev–Trinajstić information content (AvgIpc) is 2.81. The molecule has 36 heavy (non-hydrogen) atoms. The van der Waals surface area contributed by atoms with Gasteiger partial charge in [-0.1, -0.05) is 47.1 Å². The van der Waals surface area contributed by atoms with E-state index in [1.54, 1.807) is 0 Å². The number of Topliss-reactive ketones (excluding diaryl/α,β-unsaturated/α-hetero) is 1. The first-order chi connectivity index (χ1) is 16.7. The number of methoxy groups -OCH3 is 1. The zero-order valence-corrected chi connectivity index (χ0v) is 23.4. The number of ketones is 2. The zero-order chi connectivity index (χ0) is 26.5. The van der Waals surface area contributed by atoms with Crippen LogP contribution >= 0.6 is 0 Å². The summed E-state index contributed by atoms with van der Waals surface area (Å²) < 4.78 is 5.25. The second-order valence-electron chi connectivity index (χ2n) is 14.8. The van der Waals surface area contributed by atoms with Crippen molar-refractivity contribution in [1.82, 2.24) is 0 Å². The Morgan fingerprint density at radius 1 is 1.00 bits per heavy atom. The lowest BCUT2D eigenvalue weighted by molar-refractivity contribution is -0.176. The van der Waals surface area contributed by atoms with E-state index in [9.17, 15) is 19.5 Å². The number of carbonyl (C=O) groups is 3. The Balaban J connectivity index is 1.61. The van der Waals surface area contributed by atoms with Crippen molar-refractivity contribution in [2.75, 3.05) is 13.7 Å². The molecule has 0 amide bonds. The standard InChI is InChI=1S/C31H46O5/c1-27(2)15-19-18(20(16-27)26(35)36-7)8-12-31(6)25(19)21(33)14-23-28(3)11-10-24(34)29(4,17-32)22(28)9-13-30(23,31)5/h14,18-20,22,25,32H,8-13,15-17H2,1-7H3/t18?,19-,20-,22-,25+,28+,29+,30-,31-/m1/s1. The Hall–Kier alpha value is -1.49. The van der Waals surface area contributed by atoms with Gasteiger partial charge in [0.25, 0.3) is 0 Å². The number of rotatable bonds is 2. The number of aliphatic hydroxyl groups excluding tert-OH is 1. The van der Waals surface area contributed by atoms with Gasteiger partial charge in [0.1, 0.15) is 5.78 Å². The summed E-state index contributed by atoms with van der Waals surface area (Å²) in [5.74, 6) is 0.482. The van der Waals surface area contributed by atoms with Crippen molar-refractivity contribution < 1.29 is 24.2 Å². The smallest absolute Gasteiger partial charge is 0.308 e. The molecule has 5 rings (SSSR count). The molecule has 0 aliphatic heterocycles. The molecule has 0 radical (unpaired) electrons. The van der Waals surface area contributed by atoms with Crippen molar-refractivity contribution in [3.05, 3.63) is 11.6 Å². The second kappa shape index (κ2) is 8.01. The van der Waals surface area contributed by atoms with Gasteiger partial charge in [-0.05, 0) is 90.4 Å². The van der Waals surface area contributed by atoms with E-state index >= 15 is 0 Å². The van der Waals surface area contributed by atoms with Crippen LogP contribution in [0.5, 0.6) is 0 Å². The molecule has 0 aromatic carbocycles. The molecule has 200 valence electrons. The van der Waals surface area contributed by atoms with Gasteiger partial charge in [-0.25, -0.2) is 0 Å². The first kappa shape index (κ1) is 26.1. The number of ether oxygens (including phenoxy) is 1. The highest BCUT2D eigenvalue weighted by Gasteiger charge is 2.69. The molecular formula is C31H46O5. The van der Waals surface area contributed by atoms with Crippen LogP contribution in [0.4, 0.5) is 0 Å². The van der Waals surface area contributed by atoms with Crippen molar-refractivity contribution in [3.63, 3.8) is 0 Å². The summed E-state index contributed by atoms with van der Waals surface area (Å²) in [6.07, 6.45) is 8.72. The average molecular weight is 499 g/mol. The molecule has 0 aromatic rings. The van der Waals surface area contributed by atoms with E-state index in [4.69, 9.17) is 4.74 Å². The van der Waals surface area contributed by atoms with Crippen LogP contribution in [0.3, 0.4) is 0 Å². The summed E-state index contributed by atoms with van der Waals surface area (Å²) >= 11 is 0. The molecule has 5 aliphatic rings. The highest BCUT2D eigenvalue weighted by atomic mass is 16.5. The molecule has 0 aromatic heterocycles. The zero-order valence-electron chi connectivity index (χ0n) is 23.4. The quantitative estimate of drug-likeness (QED) is 0.506. The van der Waals surface area contributed by atoms with Gasteiger partial charge in [-0.3, -0.25) is 14.4 Å². The number of hydrogen-bond donors (Lipinski definition) is 1. The number of allylic oxidation sites excluding steroid dienone is 2. The van der Waals surface area contributed by atoms with Crippen molar-refractivity contribution in [1.29, 1.82) is 0 Å². The summed E-state index contributed by atoms with van der Waals surface area (Å²) in [4.78, 5) is 40.1. The lowest BCUT2D eigenvalue weighted by atomic mass is 9.35. The van der Waals surface area contributed by atoms with E-state index in [0.29, 0.717) is 6.42 Å². The highest BCUT2D eigenvalue weighted by molar-refractivity contribution is 5.96. The number of hydrogen-bond acceptors (Lipinski definition) is 5. The maximum absolute atomic E-state index is 14.2. The minimum Gasteiger partial charge on any atom is -0.469 e. The van der Waals surface area contributed by atoms with Crippen molar-refractivity contribution in [3.8, 4) is 0 Å². The fourth-order valence-electron chi connectivity index (χ4n) is 10.6. The van der Waals surface area contributed by atoms with Crippen molar-refractivity contribution in [2.24, 2.45) is 56.7 Å². The van der Waals surface area contributed by atoms with Gasteiger partial charge in [0.05, 0.1) is 25.0 Å². The molecule has 5 nitrogen and oxygen atoms in total. The predicted octanol–water partition coefficient (Wildman–Crippen LogP) is 5.54. The summed E-state index contributed by atoms with van der Waals surface area (Å²) in [5, 5.41) is 10.3. The van der Waals surface area contributed by atoms with Gasteiger partial charge in [-0.15, -0.1) is 0 Å². The van der Waals surface area contributed by atoms with Gasteiger partial charge < -0.3 is 9.84 Å². The van der Waals surface area contributed by atoms with Crippen LogP contribution in [-0.2, 0) is 19.1 Å². The molecule has 1 N–H and O–H groups in total. The van der Waals surface area contributed by atoms with Crippen LogP contribution in [0.25, 0.3) is 0 Å². The third-order valence-electron chi connectivity index (χ3n) is 12.6. The Morgan fingerprint density at radius 3 is 2.33 bits per heavy atom. The van der Waals surface area contributed by atoms with Crippen LogP contribution in [0.2, 0.25) is 0 Å². The maximum atomic E-state index is 14.2. The SMILES string of the molecule is COC(=O)[C@@H]1CC(C)(C)C[C@@H]2C1CC[C@]1(C)[C@@H]2C(=O)C=C2[C@@]3(C)CCC(=O)[C@@](C)(CO)[C@@H]3CC[C@]21C. The van der Waals surface area contributed by atoms with Gasteiger partial charge in [-0.2, -0.15) is 0 Å². The predicted molar refractivity (Wildman–Crippen MR) is 138 cm³/mol. The van der Waals surface area contributed by atoms with E-state index in [0.717, 1.165) is 44.9 Å². The molecule has 0 heterocycles. The Morgan fingerprint density at radius 2 is 1.69 bits per heavy atom. The first-order valence-electron chi connectivity index (χ1n) is 14.2. The minimum atomic E-state index is -0.741. The Bertz CT molecular complexity index is 1030. The normalized spacial score (nSPS) is 49.7. The van der Waals surface area contributed by atoms with E-state index < -0.39 is 5.41 Å². The van der Waals surface area contributed by atoms with Crippen LogP contribution in [0.15, 0.2) is 11.6 Å². The van der Waals surface area contributed by atoms with Gasteiger partial charge in [0, 0.05) is 12.3 Å². The maximum Gasteiger partial charge on any atom is 0.308 e. The van der Waals surface area contributed by atoms with E-state index in [1.807, 2.05) is 13.0 Å². The van der Waals surface area contributed by atoms with Crippen LogP contribution in [-0.4, -0.2) is 36.4 Å². The third kappa shape index (κ3) is 3.20. The number of carbonyl (C=O) groups excluding carboxylic acids is 3. The van der Waals surface area contributed by atoms with Gasteiger partial charge >= 0.3 is 5.97 Å². The number of aliphatic hydroxyl groups is 1. The molecule has 0 saturated heterocycles. The molecule has 4 saturated carbocycles. The van der Waals surface area contributed by atoms with Crippen molar-refractivity contribution in [2.45, 2.75) is 92.9 Å². The summed E-state index contributed by atoms with van der Waals surface area (Å²) in [6, 6.07) is 0. The molecule has 9 atom stereocenters. The third-order valence-corrected chi connectivity index (χ3v) is 12.6. The summed E-state index contributed by atoms with van der Waals surface area (Å²) in [7, 11) is 1.49. The monoisotopic (exact) mass is 498 g/mol. The molecule has 0 spiro atoms. The Kier molecular flexibility index (Phi) is 5.81.